The van der Waals surface area contributed by atoms with Crippen molar-refractivity contribution >= 4 is 22.6 Å². The maximum atomic E-state index is 13.2. The average molecular weight is 441 g/mol. The lowest BCUT2D eigenvalue weighted by atomic mass is 10.2. The molecule has 1 amide bonds. The highest BCUT2D eigenvalue weighted by Crippen LogP contribution is 2.21. The molecule has 8 nitrogen and oxygen atoms in total. The predicted octanol–water partition coefficient (Wildman–Crippen LogP) is 2.76. The SMILES string of the molecule is Cc1cccc(-n2nc(C(=O)N3CCN(c4ccc5ccccc5n4)CC3)c(O)cc2=O)c1. The maximum Gasteiger partial charge on any atom is 0.278 e. The predicted molar refractivity (Wildman–Crippen MR) is 126 cm³/mol. The Morgan fingerprint density at radius 2 is 1.73 bits per heavy atom. The molecule has 0 spiro atoms. The Kier molecular flexibility index (Phi) is 5.26. The van der Waals surface area contributed by atoms with E-state index in [0.29, 0.717) is 31.9 Å². The minimum Gasteiger partial charge on any atom is -0.505 e. The van der Waals surface area contributed by atoms with Crippen molar-refractivity contribution in [3.8, 4) is 11.4 Å². The van der Waals surface area contributed by atoms with E-state index in [1.807, 2.05) is 55.5 Å². The number of rotatable bonds is 3. The second-order valence-corrected chi connectivity index (χ2v) is 8.11. The highest BCUT2D eigenvalue weighted by molar-refractivity contribution is 5.94. The third kappa shape index (κ3) is 4.03. The maximum absolute atomic E-state index is 13.2. The van der Waals surface area contributed by atoms with E-state index in [-0.39, 0.29) is 5.69 Å². The number of piperazine rings is 1. The minimum absolute atomic E-state index is 0.131. The fourth-order valence-electron chi connectivity index (χ4n) is 4.06. The number of pyridine rings is 1. The van der Waals surface area contributed by atoms with Crippen LogP contribution in [0.1, 0.15) is 16.1 Å². The molecule has 4 aromatic rings. The van der Waals surface area contributed by atoms with Crippen molar-refractivity contribution in [2.75, 3.05) is 31.1 Å². The zero-order valence-electron chi connectivity index (χ0n) is 18.2. The van der Waals surface area contributed by atoms with Crippen molar-refractivity contribution in [2.45, 2.75) is 6.92 Å². The number of hydrogen-bond acceptors (Lipinski definition) is 6. The molecule has 0 saturated carbocycles. The van der Waals surface area contributed by atoms with Gasteiger partial charge in [0.15, 0.2) is 11.4 Å². The molecule has 0 unspecified atom stereocenters. The van der Waals surface area contributed by atoms with E-state index in [2.05, 4.69) is 10.00 Å². The molecule has 0 atom stereocenters. The molecule has 1 fully saturated rings. The molecule has 0 bridgehead atoms. The molecular formula is C25H23N5O3. The first-order chi connectivity index (χ1) is 16.0. The first-order valence-corrected chi connectivity index (χ1v) is 10.8. The number of aryl methyl sites for hydroxylation is 1. The van der Waals surface area contributed by atoms with Gasteiger partial charge in [-0.25, -0.2) is 4.98 Å². The smallest absolute Gasteiger partial charge is 0.278 e. The third-order valence-electron chi connectivity index (χ3n) is 5.83. The summed E-state index contributed by atoms with van der Waals surface area (Å²) in [5, 5.41) is 15.6. The van der Waals surface area contributed by atoms with Gasteiger partial charge in [0, 0.05) is 37.6 Å². The second kappa shape index (κ2) is 8.38. The van der Waals surface area contributed by atoms with Gasteiger partial charge in [-0.3, -0.25) is 9.59 Å². The monoisotopic (exact) mass is 441 g/mol. The Hall–Kier alpha value is -4.20. The van der Waals surface area contributed by atoms with Crippen LogP contribution in [0.3, 0.4) is 0 Å². The van der Waals surface area contributed by atoms with Gasteiger partial charge in [-0.2, -0.15) is 9.78 Å². The zero-order valence-corrected chi connectivity index (χ0v) is 18.2. The average Bonchev–Trinajstić information content (AvgIpc) is 2.83. The number of carbonyl (C=O) groups excluding carboxylic acids is 1. The Labute approximate surface area is 190 Å². The number of hydrogen-bond donors (Lipinski definition) is 1. The van der Waals surface area contributed by atoms with Gasteiger partial charge in [0.1, 0.15) is 5.82 Å². The van der Waals surface area contributed by atoms with Gasteiger partial charge in [-0.15, -0.1) is 0 Å². The largest absolute Gasteiger partial charge is 0.505 e. The number of para-hydroxylation sites is 1. The van der Waals surface area contributed by atoms with Crippen LogP contribution in [-0.4, -0.2) is 56.9 Å². The highest BCUT2D eigenvalue weighted by atomic mass is 16.3. The van der Waals surface area contributed by atoms with Crippen LogP contribution in [0.2, 0.25) is 0 Å². The van der Waals surface area contributed by atoms with Crippen LogP contribution in [0.25, 0.3) is 16.6 Å². The number of aromatic hydroxyl groups is 1. The molecular weight excluding hydrogens is 418 g/mol. The van der Waals surface area contributed by atoms with Gasteiger partial charge < -0.3 is 14.9 Å². The van der Waals surface area contributed by atoms with E-state index in [1.165, 1.54) is 0 Å². The quantitative estimate of drug-likeness (QED) is 0.526. The lowest BCUT2D eigenvalue weighted by Crippen LogP contribution is -2.49. The molecule has 5 rings (SSSR count). The first-order valence-electron chi connectivity index (χ1n) is 10.8. The molecule has 33 heavy (non-hydrogen) atoms. The number of benzene rings is 2. The molecule has 0 aliphatic carbocycles. The third-order valence-corrected chi connectivity index (χ3v) is 5.83. The van der Waals surface area contributed by atoms with Gasteiger partial charge in [0.05, 0.1) is 11.2 Å². The van der Waals surface area contributed by atoms with Crippen LogP contribution < -0.4 is 10.5 Å². The molecule has 1 aliphatic heterocycles. The molecule has 8 heteroatoms. The zero-order chi connectivity index (χ0) is 22.9. The van der Waals surface area contributed by atoms with E-state index in [9.17, 15) is 14.7 Å². The van der Waals surface area contributed by atoms with Crippen LogP contribution in [0, 0.1) is 6.92 Å². The second-order valence-electron chi connectivity index (χ2n) is 8.11. The van der Waals surface area contributed by atoms with E-state index in [0.717, 1.165) is 33.0 Å². The van der Waals surface area contributed by atoms with Crippen LogP contribution in [-0.2, 0) is 0 Å². The van der Waals surface area contributed by atoms with Gasteiger partial charge in [-0.05, 0) is 42.8 Å². The van der Waals surface area contributed by atoms with Gasteiger partial charge in [0.2, 0.25) is 0 Å². The van der Waals surface area contributed by atoms with E-state index >= 15 is 0 Å². The summed E-state index contributed by atoms with van der Waals surface area (Å²) in [6, 6.07) is 20.3. The molecule has 3 heterocycles. The summed E-state index contributed by atoms with van der Waals surface area (Å²) < 4.78 is 1.15. The van der Waals surface area contributed by atoms with Crippen molar-refractivity contribution in [2.24, 2.45) is 0 Å². The van der Waals surface area contributed by atoms with Crippen LogP contribution >= 0.6 is 0 Å². The summed E-state index contributed by atoms with van der Waals surface area (Å²) in [6.07, 6.45) is 0. The Morgan fingerprint density at radius 3 is 2.52 bits per heavy atom. The number of anilines is 1. The number of carbonyl (C=O) groups is 1. The Balaban J connectivity index is 1.35. The summed E-state index contributed by atoms with van der Waals surface area (Å²) in [5.41, 5.74) is 1.80. The number of amides is 1. The lowest BCUT2D eigenvalue weighted by Gasteiger charge is -2.35. The normalized spacial score (nSPS) is 14.0. The molecule has 1 N–H and O–H groups in total. The number of fused-ring (bicyclic) bond motifs is 1. The van der Waals surface area contributed by atoms with Crippen molar-refractivity contribution in [3.05, 3.63) is 88.3 Å². The van der Waals surface area contributed by atoms with E-state index < -0.39 is 17.2 Å². The van der Waals surface area contributed by atoms with Crippen molar-refractivity contribution in [3.63, 3.8) is 0 Å². The highest BCUT2D eigenvalue weighted by Gasteiger charge is 2.27. The number of aromatic nitrogens is 3. The van der Waals surface area contributed by atoms with Gasteiger partial charge in [-0.1, -0.05) is 30.3 Å². The number of nitrogens with zero attached hydrogens (tertiary/aromatic N) is 5. The summed E-state index contributed by atoms with van der Waals surface area (Å²) >= 11 is 0. The molecule has 166 valence electrons. The molecule has 0 radical (unpaired) electrons. The summed E-state index contributed by atoms with van der Waals surface area (Å²) in [7, 11) is 0. The van der Waals surface area contributed by atoms with Crippen LogP contribution in [0.15, 0.2) is 71.5 Å². The Bertz CT molecular complexity index is 1410. The fraction of sp³-hybridized carbons (Fsp3) is 0.200. The van der Waals surface area contributed by atoms with Crippen LogP contribution in [0.5, 0.6) is 5.75 Å². The van der Waals surface area contributed by atoms with Gasteiger partial charge >= 0.3 is 0 Å². The topological polar surface area (TPSA) is 91.6 Å². The standard InChI is InChI=1S/C25H23N5O3/c1-17-5-4-7-19(15-17)30-23(32)16-21(31)24(27-30)25(33)29-13-11-28(12-14-29)22-10-9-18-6-2-3-8-20(18)26-22/h2-10,15-16,31H,11-14H2,1H3. The summed E-state index contributed by atoms with van der Waals surface area (Å²) in [5.74, 6) is 0.0577. The molecule has 1 saturated heterocycles. The Morgan fingerprint density at radius 1 is 0.939 bits per heavy atom. The summed E-state index contributed by atoms with van der Waals surface area (Å²) in [6.45, 7) is 4.03. The molecule has 2 aromatic heterocycles. The fourth-order valence-corrected chi connectivity index (χ4v) is 4.06. The van der Waals surface area contributed by atoms with Gasteiger partial charge in [0.25, 0.3) is 11.5 Å². The first kappa shape index (κ1) is 20.7. The minimum atomic E-state index is -0.498. The van der Waals surface area contributed by atoms with E-state index in [4.69, 9.17) is 4.98 Å². The van der Waals surface area contributed by atoms with Crippen molar-refractivity contribution < 1.29 is 9.90 Å². The molecule has 2 aromatic carbocycles. The van der Waals surface area contributed by atoms with Crippen LogP contribution in [0.4, 0.5) is 5.82 Å². The lowest BCUT2D eigenvalue weighted by molar-refractivity contribution is 0.0735. The molecule has 1 aliphatic rings. The van der Waals surface area contributed by atoms with Crippen molar-refractivity contribution in [1.29, 1.82) is 0 Å². The summed E-state index contributed by atoms with van der Waals surface area (Å²) in [4.78, 5) is 34.1. The van der Waals surface area contributed by atoms with E-state index in [1.54, 1.807) is 17.0 Å². The van der Waals surface area contributed by atoms with Crippen molar-refractivity contribution in [1.82, 2.24) is 19.7 Å².